The van der Waals surface area contributed by atoms with Crippen LogP contribution >= 0.6 is 11.3 Å². The summed E-state index contributed by atoms with van der Waals surface area (Å²) in [6.45, 7) is 1.78. The Balaban J connectivity index is 1.67. The molecule has 1 amide bonds. The van der Waals surface area contributed by atoms with Crippen LogP contribution in [0.15, 0.2) is 70.6 Å². The van der Waals surface area contributed by atoms with E-state index in [1.165, 1.54) is 11.3 Å². The van der Waals surface area contributed by atoms with E-state index in [2.05, 4.69) is 15.5 Å². The highest BCUT2D eigenvalue weighted by Crippen LogP contribution is 2.32. The number of thiazole rings is 1. The molecule has 128 valence electrons. The van der Waals surface area contributed by atoms with Crippen molar-refractivity contribution in [2.24, 2.45) is 0 Å². The van der Waals surface area contributed by atoms with Gasteiger partial charge in [0, 0.05) is 16.6 Å². The van der Waals surface area contributed by atoms with Gasteiger partial charge in [-0.2, -0.15) is 0 Å². The number of nitrogens with zero attached hydrogens (tertiary/aromatic N) is 2. The number of carbonyl (C=O) groups excluding carboxylic acids is 1. The van der Waals surface area contributed by atoms with E-state index in [1.54, 1.807) is 6.92 Å². The number of rotatable bonds is 4. The minimum Gasteiger partial charge on any atom is -0.360 e. The van der Waals surface area contributed by atoms with E-state index in [9.17, 15) is 4.79 Å². The lowest BCUT2D eigenvalue weighted by Crippen LogP contribution is -2.13. The van der Waals surface area contributed by atoms with Crippen LogP contribution in [0.25, 0.3) is 21.8 Å². The summed E-state index contributed by atoms with van der Waals surface area (Å²) < 4.78 is 5.28. The van der Waals surface area contributed by atoms with E-state index in [4.69, 9.17) is 4.52 Å². The number of hydrogen-bond acceptors (Lipinski definition) is 5. The minimum absolute atomic E-state index is 0.233. The van der Waals surface area contributed by atoms with Crippen LogP contribution in [0.3, 0.4) is 0 Å². The Bertz CT molecular complexity index is 1040. The molecule has 5 nitrogen and oxygen atoms in total. The number of hydrogen-bond donors (Lipinski definition) is 1. The zero-order valence-corrected chi connectivity index (χ0v) is 14.8. The Morgan fingerprint density at radius 3 is 2.46 bits per heavy atom. The van der Waals surface area contributed by atoms with Crippen molar-refractivity contribution in [3.63, 3.8) is 0 Å². The highest BCUT2D eigenvalue weighted by molar-refractivity contribution is 7.13. The van der Waals surface area contributed by atoms with Gasteiger partial charge in [0.1, 0.15) is 10.8 Å². The van der Waals surface area contributed by atoms with Crippen LogP contribution in [0.1, 0.15) is 16.2 Å². The second kappa shape index (κ2) is 6.93. The molecule has 0 aliphatic carbocycles. The summed E-state index contributed by atoms with van der Waals surface area (Å²) in [6.07, 6.45) is 0. The first-order chi connectivity index (χ1) is 12.7. The number of aryl methyl sites for hydroxylation is 1. The summed E-state index contributed by atoms with van der Waals surface area (Å²) in [7, 11) is 0. The molecule has 0 spiro atoms. The third-order valence-corrected chi connectivity index (χ3v) is 4.78. The smallest absolute Gasteiger partial charge is 0.278 e. The fourth-order valence-electron chi connectivity index (χ4n) is 2.64. The van der Waals surface area contributed by atoms with Crippen molar-refractivity contribution in [3.8, 4) is 21.8 Å². The quantitative estimate of drug-likeness (QED) is 0.554. The van der Waals surface area contributed by atoms with Crippen molar-refractivity contribution in [3.05, 3.63) is 77.5 Å². The topological polar surface area (TPSA) is 68.0 Å². The minimum atomic E-state index is -0.322. The first-order valence-corrected chi connectivity index (χ1v) is 8.94. The number of benzene rings is 2. The second-order valence-corrected chi connectivity index (χ2v) is 6.54. The van der Waals surface area contributed by atoms with Crippen LogP contribution in [0.4, 0.5) is 5.69 Å². The third kappa shape index (κ3) is 3.14. The molecule has 26 heavy (non-hydrogen) atoms. The van der Waals surface area contributed by atoms with Gasteiger partial charge in [-0.3, -0.25) is 4.79 Å². The van der Waals surface area contributed by atoms with Crippen LogP contribution in [0.2, 0.25) is 0 Å². The van der Waals surface area contributed by atoms with Crippen LogP contribution in [0, 0.1) is 6.92 Å². The van der Waals surface area contributed by atoms with Gasteiger partial charge >= 0.3 is 0 Å². The number of amides is 1. The number of anilines is 1. The van der Waals surface area contributed by atoms with Gasteiger partial charge in [-0.1, -0.05) is 53.7 Å². The molecule has 6 heteroatoms. The molecule has 0 bridgehead atoms. The molecule has 0 fully saturated rings. The van der Waals surface area contributed by atoms with E-state index in [0.717, 1.165) is 10.6 Å². The molecular weight excluding hydrogens is 346 g/mol. The molecule has 0 aliphatic rings. The largest absolute Gasteiger partial charge is 0.360 e. The normalized spacial score (nSPS) is 10.7. The Kier molecular flexibility index (Phi) is 4.33. The van der Waals surface area contributed by atoms with Crippen molar-refractivity contribution in [2.75, 3.05) is 5.32 Å². The molecule has 0 saturated carbocycles. The van der Waals surface area contributed by atoms with Crippen molar-refractivity contribution < 1.29 is 9.32 Å². The average Bonchev–Trinajstić information content (AvgIpc) is 3.30. The van der Waals surface area contributed by atoms with Crippen LogP contribution < -0.4 is 5.32 Å². The van der Waals surface area contributed by atoms with Crippen LogP contribution in [-0.4, -0.2) is 16.0 Å². The number of para-hydroxylation sites is 1. The van der Waals surface area contributed by atoms with Gasteiger partial charge in [0.2, 0.25) is 0 Å². The summed E-state index contributed by atoms with van der Waals surface area (Å²) >= 11 is 1.52. The monoisotopic (exact) mass is 361 g/mol. The highest BCUT2D eigenvalue weighted by Gasteiger charge is 2.23. The predicted molar refractivity (Wildman–Crippen MR) is 102 cm³/mol. The molecule has 0 radical (unpaired) electrons. The Morgan fingerprint density at radius 2 is 1.73 bits per heavy atom. The molecular formula is C20H15N3O2S. The maximum atomic E-state index is 12.6. The molecule has 2 heterocycles. The van der Waals surface area contributed by atoms with E-state index >= 15 is 0 Å². The van der Waals surface area contributed by atoms with Gasteiger partial charge in [0.05, 0.1) is 11.3 Å². The summed E-state index contributed by atoms with van der Waals surface area (Å²) in [6, 6.07) is 19.2. The maximum Gasteiger partial charge on any atom is 0.278 e. The summed E-state index contributed by atoms with van der Waals surface area (Å²) in [5.74, 6) is 0.241. The van der Waals surface area contributed by atoms with Gasteiger partial charge in [-0.05, 0) is 19.1 Å². The van der Waals surface area contributed by atoms with Crippen LogP contribution in [0.5, 0.6) is 0 Å². The molecule has 4 aromatic rings. The average molecular weight is 361 g/mol. The van der Waals surface area contributed by atoms with Gasteiger partial charge in [0.25, 0.3) is 5.91 Å². The van der Waals surface area contributed by atoms with E-state index in [1.807, 2.05) is 66.0 Å². The van der Waals surface area contributed by atoms with Crippen molar-refractivity contribution in [1.82, 2.24) is 10.1 Å². The Hall–Kier alpha value is -3.25. The standard InChI is InChI=1S/C20H15N3O2S/c1-13-17(16-12-26-20(22-16)14-8-4-2-5-9-14)18(23-25-13)19(24)21-15-10-6-3-7-11-15/h2-12H,1H3,(H,21,24). The lowest BCUT2D eigenvalue weighted by molar-refractivity contribution is 0.101. The Labute approximate surface area is 154 Å². The first-order valence-electron chi connectivity index (χ1n) is 8.06. The SMILES string of the molecule is Cc1onc(C(=O)Nc2ccccc2)c1-c1csc(-c2ccccc2)n1. The van der Waals surface area contributed by atoms with E-state index in [0.29, 0.717) is 22.7 Å². The van der Waals surface area contributed by atoms with Crippen molar-refractivity contribution >= 4 is 22.9 Å². The number of nitrogens with one attached hydrogen (secondary N) is 1. The lowest BCUT2D eigenvalue weighted by atomic mass is 10.1. The fourth-order valence-corrected chi connectivity index (χ4v) is 3.46. The van der Waals surface area contributed by atoms with Gasteiger partial charge in [-0.15, -0.1) is 11.3 Å². The first kappa shape index (κ1) is 16.2. The maximum absolute atomic E-state index is 12.6. The zero-order valence-electron chi connectivity index (χ0n) is 14.0. The summed E-state index contributed by atoms with van der Waals surface area (Å²) in [4.78, 5) is 17.3. The molecule has 4 rings (SSSR count). The second-order valence-electron chi connectivity index (χ2n) is 5.69. The Morgan fingerprint density at radius 1 is 1.04 bits per heavy atom. The van der Waals surface area contributed by atoms with Crippen molar-refractivity contribution in [1.29, 1.82) is 0 Å². The molecule has 0 saturated heterocycles. The molecule has 2 aromatic carbocycles. The number of carbonyl (C=O) groups is 1. The zero-order chi connectivity index (χ0) is 17.9. The molecule has 1 N–H and O–H groups in total. The summed E-state index contributed by atoms with van der Waals surface area (Å²) in [5.41, 5.74) is 3.28. The third-order valence-electron chi connectivity index (χ3n) is 3.89. The van der Waals surface area contributed by atoms with Gasteiger partial charge < -0.3 is 9.84 Å². The van der Waals surface area contributed by atoms with Gasteiger partial charge in [-0.25, -0.2) is 4.98 Å². The lowest BCUT2D eigenvalue weighted by Gasteiger charge is -2.03. The molecule has 0 atom stereocenters. The van der Waals surface area contributed by atoms with Crippen LogP contribution in [-0.2, 0) is 0 Å². The van der Waals surface area contributed by atoms with E-state index < -0.39 is 0 Å². The van der Waals surface area contributed by atoms with Gasteiger partial charge in [0.15, 0.2) is 5.69 Å². The highest BCUT2D eigenvalue weighted by atomic mass is 32.1. The molecule has 0 unspecified atom stereocenters. The fraction of sp³-hybridized carbons (Fsp3) is 0.0500. The molecule has 0 aliphatic heterocycles. The predicted octanol–water partition coefficient (Wildman–Crippen LogP) is 5.03. The number of aromatic nitrogens is 2. The van der Waals surface area contributed by atoms with Crippen molar-refractivity contribution in [2.45, 2.75) is 6.92 Å². The molecule has 2 aromatic heterocycles. The van der Waals surface area contributed by atoms with E-state index in [-0.39, 0.29) is 11.6 Å². The summed E-state index contributed by atoms with van der Waals surface area (Å²) in [5, 5.41) is 9.58.